The maximum Gasteiger partial charge on any atom is 0.387 e. The minimum atomic E-state index is -2.81. The zero-order valence-electron chi connectivity index (χ0n) is 14.5. The maximum absolute atomic E-state index is 12.3. The molecule has 2 rings (SSSR count). The van der Waals surface area contributed by atoms with Crippen molar-refractivity contribution >= 4 is 18.3 Å². The van der Waals surface area contributed by atoms with E-state index in [0.29, 0.717) is 18.8 Å². The summed E-state index contributed by atoms with van der Waals surface area (Å²) in [6, 6.07) is 6.48. The molecule has 4 nitrogen and oxygen atoms in total. The Morgan fingerprint density at radius 3 is 2.48 bits per heavy atom. The van der Waals surface area contributed by atoms with Gasteiger partial charge in [0.1, 0.15) is 5.75 Å². The van der Waals surface area contributed by atoms with E-state index in [1.807, 2.05) is 4.90 Å². The summed E-state index contributed by atoms with van der Waals surface area (Å²) in [6.07, 6.45) is 3.18. The van der Waals surface area contributed by atoms with E-state index in [2.05, 4.69) is 17.0 Å². The molecule has 1 aliphatic heterocycles. The van der Waals surface area contributed by atoms with Crippen LogP contribution in [0.15, 0.2) is 24.3 Å². The molecular formula is C18H27ClF2N2O2. The van der Waals surface area contributed by atoms with Crippen LogP contribution < -0.4 is 10.1 Å². The average Bonchev–Trinajstić information content (AvgIpc) is 2.59. The first-order chi connectivity index (χ1) is 11.6. The Morgan fingerprint density at radius 1 is 1.28 bits per heavy atom. The average molecular weight is 377 g/mol. The second-order valence-corrected chi connectivity index (χ2v) is 6.15. The van der Waals surface area contributed by atoms with E-state index in [1.165, 1.54) is 12.1 Å². The lowest BCUT2D eigenvalue weighted by Gasteiger charge is -2.32. The van der Waals surface area contributed by atoms with Crippen molar-refractivity contribution in [3.8, 4) is 5.75 Å². The number of ether oxygens (including phenoxy) is 1. The maximum atomic E-state index is 12.3. The van der Waals surface area contributed by atoms with Gasteiger partial charge < -0.3 is 15.0 Å². The molecule has 1 saturated heterocycles. The summed E-state index contributed by atoms with van der Waals surface area (Å²) in [5, 5.41) is 3.36. The molecule has 1 heterocycles. The molecule has 0 aliphatic carbocycles. The monoisotopic (exact) mass is 376 g/mol. The number of benzene rings is 1. The zero-order valence-corrected chi connectivity index (χ0v) is 15.4. The van der Waals surface area contributed by atoms with Gasteiger partial charge in [-0.3, -0.25) is 4.79 Å². The Hall–Kier alpha value is -1.40. The van der Waals surface area contributed by atoms with E-state index in [9.17, 15) is 13.6 Å². The lowest BCUT2D eigenvalue weighted by atomic mass is 9.96. The van der Waals surface area contributed by atoms with E-state index < -0.39 is 6.61 Å². The fourth-order valence-electron chi connectivity index (χ4n) is 2.98. The highest BCUT2D eigenvalue weighted by molar-refractivity contribution is 5.85. The van der Waals surface area contributed by atoms with Crippen molar-refractivity contribution in [2.45, 2.75) is 39.2 Å². The summed E-state index contributed by atoms with van der Waals surface area (Å²) in [5.41, 5.74) is 0.951. The van der Waals surface area contributed by atoms with Gasteiger partial charge >= 0.3 is 6.61 Å². The molecule has 1 aliphatic rings. The number of nitrogens with one attached hydrogen (secondary N) is 1. The summed E-state index contributed by atoms with van der Waals surface area (Å²) in [6.45, 7) is 2.97. The van der Waals surface area contributed by atoms with Gasteiger partial charge in [-0.2, -0.15) is 8.78 Å². The topological polar surface area (TPSA) is 41.6 Å². The number of nitrogens with zero attached hydrogens (tertiary/aromatic N) is 1. The van der Waals surface area contributed by atoms with Crippen molar-refractivity contribution in [3.05, 3.63) is 29.8 Å². The smallest absolute Gasteiger partial charge is 0.387 e. The number of hydrogen-bond acceptors (Lipinski definition) is 3. The summed E-state index contributed by atoms with van der Waals surface area (Å²) in [4.78, 5) is 14.2. The lowest BCUT2D eigenvalue weighted by molar-refractivity contribution is -0.132. The molecule has 1 amide bonds. The Balaban J connectivity index is 0.00000312. The molecule has 0 radical (unpaired) electrons. The number of piperidine rings is 1. The molecule has 1 aromatic carbocycles. The third-order valence-corrected chi connectivity index (χ3v) is 4.43. The van der Waals surface area contributed by atoms with E-state index in [4.69, 9.17) is 0 Å². The number of aryl methyl sites for hydroxylation is 1. The second-order valence-electron chi connectivity index (χ2n) is 6.15. The highest BCUT2D eigenvalue weighted by Gasteiger charge is 2.22. The van der Waals surface area contributed by atoms with Crippen LogP contribution in [0.2, 0.25) is 0 Å². The molecule has 142 valence electrons. The van der Waals surface area contributed by atoms with Crippen LogP contribution in [0, 0.1) is 5.92 Å². The summed E-state index contributed by atoms with van der Waals surface area (Å²) in [7, 11) is 0. The quantitative estimate of drug-likeness (QED) is 0.755. The fourth-order valence-corrected chi connectivity index (χ4v) is 2.98. The van der Waals surface area contributed by atoms with Crippen LogP contribution in [0.5, 0.6) is 5.75 Å². The molecule has 25 heavy (non-hydrogen) atoms. The highest BCUT2D eigenvalue weighted by Crippen LogP contribution is 2.19. The number of carbonyl (C=O) groups is 1. The van der Waals surface area contributed by atoms with Crippen LogP contribution in [0.25, 0.3) is 0 Å². The minimum absolute atomic E-state index is 0. The molecule has 1 N–H and O–H groups in total. The Labute approximate surface area is 154 Å². The van der Waals surface area contributed by atoms with Crippen LogP contribution in [0.3, 0.4) is 0 Å². The molecule has 7 heteroatoms. The SMILES string of the molecule is CCNCC1CCN(C(=O)CCc2ccc(OC(F)F)cc2)CC1.Cl. The lowest BCUT2D eigenvalue weighted by Crippen LogP contribution is -2.40. The van der Waals surface area contributed by atoms with E-state index in [-0.39, 0.29) is 24.1 Å². The largest absolute Gasteiger partial charge is 0.435 e. The number of likely N-dealkylation sites (tertiary alicyclic amines) is 1. The summed E-state index contributed by atoms with van der Waals surface area (Å²) in [5.74, 6) is 0.976. The van der Waals surface area contributed by atoms with Crippen molar-refractivity contribution in [3.63, 3.8) is 0 Å². The number of carbonyl (C=O) groups excluding carboxylic acids is 1. The zero-order chi connectivity index (χ0) is 17.4. The highest BCUT2D eigenvalue weighted by atomic mass is 35.5. The Morgan fingerprint density at radius 2 is 1.92 bits per heavy atom. The van der Waals surface area contributed by atoms with Gasteiger partial charge in [-0.15, -0.1) is 12.4 Å². The summed E-state index contributed by atoms with van der Waals surface area (Å²) >= 11 is 0. The van der Waals surface area contributed by atoms with Gasteiger partial charge in [0.15, 0.2) is 0 Å². The molecule has 1 aromatic rings. The first-order valence-electron chi connectivity index (χ1n) is 8.60. The summed E-state index contributed by atoms with van der Waals surface area (Å²) < 4.78 is 28.5. The molecule has 1 fully saturated rings. The number of alkyl halides is 2. The number of halogens is 3. The van der Waals surface area contributed by atoms with Crippen molar-refractivity contribution in [2.24, 2.45) is 5.92 Å². The van der Waals surface area contributed by atoms with Gasteiger partial charge in [0, 0.05) is 19.5 Å². The first-order valence-corrected chi connectivity index (χ1v) is 8.60. The fraction of sp³-hybridized carbons (Fsp3) is 0.611. The van der Waals surface area contributed by atoms with E-state index in [0.717, 1.165) is 44.6 Å². The van der Waals surface area contributed by atoms with Crippen LogP contribution in [0.1, 0.15) is 31.7 Å². The van der Waals surface area contributed by atoms with E-state index >= 15 is 0 Å². The van der Waals surface area contributed by atoms with Crippen molar-refractivity contribution < 1.29 is 18.3 Å². The third-order valence-electron chi connectivity index (χ3n) is 4.43. The molecule has 0 aromatic heterocycles. The van der Waals surface area contributed by atoms with Gasteiger partial charge in [0.05, 0.1) is 0 Å². The van der Waals surface area contributed by atoms with Gasteiger partial charge in [0.25, 0.3) is 0 Å². The van der Waals surface area contributed by atoms with E-state index in [1.54, 1.807) is 12.1 Å². The van der Waals surface area contributed by atoms with Crippen molar-refractivity contribution in [1.29, 1.82) is 0 Å². The van der Waals surface area contributed by atoms with Gasteiger partial charge in [-0.25, -0.2) is 0 Å². The Kier molecular flexibility index (Phi) is 9.75. The first kappa shape index (κ1) is 21.6. The molecule has 0 unspecified atom stereocenters. The van der Waals surface area contributed by atoms with Crippen molar-refractivity contribution in [1.82, 2.24) is 10.2 Å². The number of amides is 1. The standard InChI is InChI=1S/C18H26F2N2O2.ClH/c1-2-21-13-15-9-11-22(12-10-15)17(23)8-5-14-3-6-16(7-4-14)24-18(19)20;/h3-4,6-7,15,18,21H,2,5,8-13H2,1H3;1H. The molecule has 0 spiro atoms. The van der Waals surface area contributed by atoms with Crippen LogP contribution >= 0.6 is 12.4 Å². The number of hydrogen-bond donors (Lipinski definition) is 1. The van der Waals surface area contributed by atoms with Crippen molar-refractivity contribution in [2.75, 3.05) is 26.2 Å². The van der Waals surface area contributed by atoms with Gasteiger partial charge in [0.2, 0.25) is 5.91 Å². The normalized spacial score (nSPS) is 15.1. The molecular weight excluding hydrogens is 350 g/mol. The van der Waals surface area contributed by atoms with Gasteiger partial charge in [-0.05, 0) is 56.0 Å². The predicted octanol–water partition coefficient (Wildman–Crippen LogP) is 3.49. The van der Waals surface area contributed by atoms with Crippen LogP contribution in [-0.2, 0) is 11.2 Å². The van der Waals surface area contributed by atoms with Crippen LogP contribution in [0.4, 0.5) is 8.78 Å². The molecule has 0 saturated carbocycles. The molecule has 0 bridgehead atoms. The van der Waals surface area contributed by atoms with Crippen LogP contribution in [-0.4, -0.2) is 43.6 Å². The second kappa shape index (κ2) is 11.3. The minimum Gasteiger partial charge on any atom is -0.435 e. The molecule has 0 atom stereocenters. The third kappa shape index (κ3) is 7.57. The number of rotatable bonds is 8. The van der Waals surface area contributed by atoms with Gasteiger partial charge in [-0.1, -0.05) is 19.1 Å². The Bertz CT molecular complexity index is 506. The predicted molar refractivity (Wildman–Crippen MR) is 96.5 cm³/mol.